The molecule has 2 N–H and O–H groups in total. The van der Waals surface area contributed by atoms with E-state index in [1.807, 2.05) is 13.8 Å². The number of nitrogens with one attached hydrogen (secondary N) is 1. The van der Waals surface area contributed by atoms with Gasteiger partial charge < -0.3 is 10.4 Å². The van der Waals surface area contributed by atoms with Crippen LogP contribution in [0.1, 0.15) is 36.1 Å². The van der Waals surface area contributed by atoms with E-state index in [1.165, 1.54) is 10.6 Å². The molecule has 0 amide bonds. The third-order valence-electron chi connectivity index (χ3n) is 2.32. The molecule has 2 aromatic rings. The quantitative estimate of drug-likeness (QED) is 0.824. The standard InChI is InChI=1S/C10H13N5O2/c1-5(2)8-13-10-12-6(9(16)17)4-7(11-3)15(10)14-8/h4-5,11H,1-3H3,(H,16,17). The number of nitrogens with zero attached hydrogens (tertiary/aromatic N) is 4. The van der Waals surface area contributed by atoms with Gasteiger partial charge in [0.25, 0.3) is 5.78 Å². The number of hydrogen-bond acceptors (Lipinski definition) is 5. The number of aromatic carboxylic acids is 1. The lowest BCUT2D eigenvalue weighted by molar-refractivity contribution is 0.0690. The van der Waals surface area contributed by atoms with Gasteiger partial charge in [0.2, 0.25) is 0 Å². The number of fused-ring (bicyclic) bond motifs is 1. The molecule has 90 valence electrons. The topological polar surface area (TPSA) is 92.4 Å². The molecule has 0 aliphatic rings. The van der Waals surface area contributed by atoms with Gasteiger partial charge >= 0.3 is 5.97 Å². The van der Waals surface area contributed by atoms with E-state index in [4.69, 9.17) is 5.11 Å². The molecule has 17 heavy (non-hydrogen) atoms. The predicted octanol–water partition coefficient (Wildman–Crippen LogP) is 0.988. The van der Waals surface area contributed by atoms with E-state index >= 15 is 0 Å². The van der Waals surface area contributed by atoms with Crippen LogP contribution in [0.2, 0.25) is 0 Å². The van der Waals surface area contributed by atoms with Crippen molar-refractivity contribution in [1.82, 2.24) is 19.6 Å². The second-order valence-electron chi connectivity index (χ2n) is 3.92. The maximum absolute atomic E-state index is 10.9. The Kier molecular flexibility index (Phi) is 2.66. The molecule has 0 aliphatic carbocycles. The third kappa shape index (κ3) is 1.91. The highest BCUT2D eigenvalue weighted by molar-refractivity contribution is 5.86. The Balaban J connectivity index is 2.69. The Bertz CT molecular complexity index is 575. The highest BCUT2D eigenvalue weighted by Gasteiger charge is 2.15. The molecule has 7 nitrogen and oxygen atoms in total. The lowest BCUT2D eigenvalue weighted by atomic mass is 10.2. The summed E-state index contributed by atoms with van der Waals surface area (Å²) in [7, 11) is 1.69. The lowest BCUT2D eigenvalue weighted by Crippen LogP contribution is -2.07. The summed E-state index contributed by atoms with van der Waals surface area (Å²) in [6.45, 7) is 3.93. The van der Waals surface area contributed by atoms with E-state index in [2.05, 4.69) is 20.4 Å². The number of carboxylic acid groups (broad SMARTS) is 1. The van der Waals surface area contributed by atoms with Gasteiger partial charge in [0.05, 0.1) is 0 Å². The zero-order valence-corrected chi connectivity index (χ0v) is 9.80. The zero-order valence-electron chi connectivity index (χ0n) is 9.80. The van der Waals surface area contributed by atoms with Gasteiger partial charge in [0.1, 0.15) is 5.82 Å². The summed E-state index contributed by atoms with van der Waals surface area (Å²) in [6.07, 6.45) is 0. The smallest absolute Gasteiger partial charge is 0.354 e. The molecule has 2 rings (SSSR count). The highest BCUT2D eigenvalue weighted by Crippen LogP contribution is 2.15. The van der Waals surface area contributed by atoms with Crippen molar-refractivity contribution in [2.24, 2.45) is 0 Å². The highest BCUT2D eigenvalue weighted by atomic mass is 16.4. The molecule has 0 saturated heterocycles. The van der Waals surface area contributed by atoms with Gasteiger partial charge in [-0.05, 0) is 0 Å². The molecular weight excluding hydrogens is 222 g/mol. The molecule has 0 saturated carbocycles. The molecular formula is C10H13N5O2. The van der Waals surface area contributed by atoms with Crippen molar-refractivity contribution in [1.29, 1.82) is 0 Å². The summed E-state index contributed by atoms with van der Waals surface area (Å²) in [5, 5.41) is 16.1. The van der Waals surface area contributed by atoms with Crippen molar-refractivity contribution < 1.29 is 9.90 Å². The minimum absolute atomic E-state index is 0.0513. The molecule has 0 spiro atoms. The Morgan fingerprint density at radius 1 is 1.47 bits per heavy atom. The van der Waals surface area contributed by atoms with Crippen LogP contribution < -0.4 is 5.32 Å². The van der Waals surface area contributed by atoms with E-state index in [0.717, 1.165) is 0 Å². The van der Waals surface area contributed by atoms with Crippen molar-refractivity contribution in [3.63, 3.8) is 0 Å². The second-order valence-corrected chi connectivity index (χ2v) is 3.92. The predicted molar refractivity (Wildman–Crippen MR) is 61.4 cm³/mol. The summed E-state index contributed by atoms with van der Waals surface area (Å²) in [5.74, 6) is 0.550. The first-order valence-electron chi connectivity index (χ1n) is 5.21. The van der Waals surface area contributed by atoms with Gasteiger partial charge in [-0.15, -0.1) is 5.10 Å². The van der Waals surface area contributed by atoms with Gasteiger partial charge in [0, 0.05) is 19.0 Å². The summed E-state index contributed by atoms with van der Waals surface area (Å²) in [4.78, 5) is 19.0. The van der Waals surface area contributed by atoms with Crippen LogP contribution in [0.3, 0.4) is 0 Å². The van der Waals surface area contributed by atoms with Crippen LogP contribution in [-0.4, -0.2) is 37.7 Å². The number of carboxylic acids is 1. The second kappa shape index (κ2) is 4.00. The fraction of sp³-hybridized carbons (Fsp3) is 0.400. The molecule has 0 aromatic carbocycles. The first kappa shape index (κ1) is 11.3. The molecule has 2 aromatic heterocycles. The van der Waals surface area contributed by atoms with Crippen LogP contribution in [0.4, 0.5) is 5.82 Å². The summed E-state index contributed by atoms with van der Waals surface area (Å²) >= 11 is 0. The average molecular weight is 235 g/mol. The van der Waals surface area contributed by atoms with Crippen LogP contribution >= 0.6 is 0 Å². The number of anilines is 1. The fourth-order valence-corrected chi connectivity index (χ4v) is 1.42. The molecule has 7 heteroatoms. The molecule has 0 aliphatic heterocycles. The van der Waals surface area contributed by atoms with Crippen molar-refractivity contribution in [2.45, 2.75) is 19.8 Å². The minimum Gasteiger partial charge on any atom is -0.477 e. The van der Waals surface area contributed by atoms with E-state index in [0.29, 0.717) is 11.6 Å². The fourth-order valence-electron chi connectivity index (χ4n) is 1.42. The van der Waals surface area contributed by atoms with E-state index < -0.39 is 5.97 Å². The third-order valence-corrected chi connectivity index (χ3v) is 2.32. The number of rotatable bonds is 3. The van der Waals surface area contributed by atoms with Gasteiger partial charge in [-0.2, -0.15) is 9.50 Å². The monoisotopic (exact) mass is 235 g/mol. The summed E-state index contributed by atoms with van der Waals surface area (Å²) in [5.41, 5.74) is -0.0513. The van der Waals surface area contributed by atoms with Gasteiger partial charge in [-0.1, -0.05) is 13.8 Å². The van der Waals surface area contributed by atoms with Gasteiger partial charge in [-0.3, -0.25) is 0 Å². The van der Waals surface area contributed by atoms with Crippen molar-refractivity contribution in [3.8, 4) is 0 Å². The van der Waals surface area contributed by atoms with Crippen LogP contribution in [0, 0.1) is 0 Å². The zero-order chi connectivity index (χ0) is 12.6. The molecule has 0 unspecified atom stereocenters. The average Bonchev–Trinajstić information content (AvgIpc) is 2.71. The molecule has 0 atom stereocenters. The Morgan fingerprint density at radius 3 is 2.71 bits per heavy atom. The van der Waals surface area contributed by atoms with Crippen molar-refractivity contribution >= 4 is 17.6 Å². The van der Waals surface area contributed by atoms with E-state index in [-0.39, 0.29) is 17.4 Å². The first-order valence-corrected chi connectivity index (χ1v) is 5.21. The summed E-state index contributed by atoms with van der Waals surface area (Å²) in [6, 6.07) is 1.42. The Labute approximate surface area is 97.5 Å². The SMILES string of the molecule is CNc1cc(C(=O)O)nc2nc(C(C)C)nn12. The van der Waals surface area contributed by atoms with E-state index in [9.17, 15) is 4.79 Å². The molecule has 0 fully saturated rings. The number of hydrogen-bond donors (Lipinski definition) is 2. The van der Waals surface area contributed by atoms with E-state index in [1.54, 1.807) is 7.05 Å². The molecule has 2 heterocycles. The Morgan fingerprint density at radius 2 is 2.18 bits per heavy atom. The minimum atomic E-state index is -1.09. The molecule has 0 bridgehead atoms. The Hall–Kier alpha value is -2.18. The number of aromatic nitrogens is 4. The summed E-state index contributed by atoms with van der Waals surface area (Å²) < 4.78 is 1.50. The van der Waals surface area contributed by atoms with Crippen molar-refractivity contribution in [3.05, 3.63) is 17.6 Å². The van der Waals surface area contributed by atoms with Crippen molar-refractivity contribution in [2.75, 3.05) is 12.4 Å². The lowest BCUT2D eigenvalue weighted by Gasteiger charge is -2.03. The van der Waals surface area contributed by atoms with Crippen LogP contribution in [0.5, 0.6) is 0 Å². The first-order chi connectivity index (χ1) is 8.02. The largest absolute Gasteiger partial charge is 0.477 e. The van der Waals surface area contributed by atoms with Crippen LogP contribution in [0.15, 0.2) is 6.07 Å². The normalized spacial score (nSPS) is 11.1. The maximum Gasteiger partial charge on any atom is 0.354 e. The van der Waals surface area contributed by atoms with Crippen LogP contribution in [-0.2, 0) is 0 Å². The van der Waals surface area contributed by atoms with Crippen LogP contribution in [0.25, 0.3) is 5.78 Å². The maximum atomic E-state index is 10.9. The van der Waals surface area contributed by atoms with Gasteiger partial charge in [0.15, 0.2) is 11.5 Å². The molecule has 0 radical (unpaired) electrons. The number of carbonyl (C=O) groups is 1. The van der Waals surface area contributed by atoms with Gasteiger partial charge in [-0.25, -0.2) is 9.78 Å².